The molecule has 0 saturated heterocycles. The number of thiazole rings is 1. The lowest BCUT2D eigenvalue weighted by Crippen LogP contribution is -2.45. The van der Waals surface area contributed by atoms with E-state index in [0.29, 0.717) is 17.6 Å². The highest BCUT2D eigenvalue weighted by Gasteiger charge is 2.20. The standard InChI is InChI=1S/C12H20N4O2S/c1-9(2)7-16(12(18)15(3)4)8-10(17)14-11-13-5-6-19-11/h5-6,9H,7-8H2,1-4H3,(H,13,14,17). The number of nitrogens with one attached hydrogen (secondary N) is 1. The number of nitrogens with zero attached hydrogens (tertiary/aromatic N) is 3. The lowest BCUT2D eigenvalue weighted by atomic mass is 10.2. The maximum absolute atomic E-state index is 12.0. The Labute approximate surface area is 117 Å². The smallest absolute Gasteiger partial charge is 0.319 e. The number of aromatic nitrogens is 1. The first kappa shape index (κ1) is 15.4. The molecule has 0 unspecified atom stereocenters. The third-order valence-electron chi connectivity index (χ3n) is 2.25. The van der Waals surface area contributed by atoms with E-state index in [0.717, 1.165) is 0 Å². The summed E-state index contributed by atoms with van der Waals surface area (Å²) in [7, 11) is 3.35. The van der Waals surface area contributed by atoms with Crippen LogP contribution in [0.15, 0.2) is 11.6 Å². The molecule has 1 aromatic heterocycles. The topological polar surface area (TPSA) is 65.5 Å². The summed E-state index contributed by atoms with van der Waals surface area (Å²) in [5.41, 5.74) is 0. The molecule has 1 rings (SSSR count). The predicted octanol–water partition coefficient (Wildman–Crippen LogP) is 1.72. The van der Waals surface area contributed by atoms with Crippen molar-refractivity contribution >= 4 is 28.4 Å². The van der Waals surface area contributed by atoms with E-state index in [9.17, 15) is 9.59 Å². The van der Waals surface area contributed by atoms with E-state index in [-0.39, 0.29) is 18.5 Å². The van der Waals surface area contributed by atoms with Gasteiger partial charge in [0.15, 0.2) is 5.13 Å². The van der Waals surface area contributed by atoms with Gasteiger partial charge in [-0.25, -0.2) is 9.78 Å². The predicted molar refractivity (Wildman–Crippen MR) is 76.2 cm³/mol. The molecule has 106 valence electrons. The van der Waals surface area contributed by atoms with Crippen molar-refractivity contribution in [3.05, 3.63) is 11.6 Å². The van der Waals surface area contributed by atoms with Gasteiger partial charge in [-0.1, -0.05) is 13.8 Å². The fraction of sp³-hybridized carbons (Fsp3) is 0.583. The van der Waals surface area contributed by atoms with E-state index < -0.39 is 0 Å². The van der Waals surface area contributed by atoms with Gasteiger partial charge in [0.25, 0.3) is 0 Å². The average molecular weight is 284 g/mol. The average Bonchev–Trinajstić information content (AvgIpc) is 2.78. The van der Waals surface area contributed by atoms with E-state index in [1.807, 2.05) is 13.8 Å². The number of anilines is 1. The van der Waals surface area contributed by atoms with Gasteiger partial charge < -0.3 is 15.1 Å². The molecule has 0 atom stereocenters. The van der Waals surface area contributed by atoms with Gasteiger partial charge in [0.2, 0.25) is 5.91 Å². The van der Waals surface area contributed by atoms with Crippen LogP contribution in [0.5, 0.6) is 0 Å². The summed E-state index contributed by atoms with van der Waals surface area (Å²) in [6.07, 6.45) is 1.62. The van der Waals surface area contributed by atoms with Crippen LogP contribution in [0, 0.1) is 5.92 Å². The fourth-order valence-electron chi connectivity index (χ4n) is 1.55. The molecule has 0 spiro atoms. The Hall–Kier alpha value is -1.63. The Morgan fingerprint density at radius 1 is 1.42 bits per heavy atom. The second kappa shape index (κ2) is 7.08. The van der Waals surface area contributed by atoms with Gasteiger partial charge >= 0.3 is 6.03 Å². The van der Waals surface area contributed by atoms with Crippen molar-refractivity contribution < 1.29 is 9.59 Å². The molecular formula is C12H20N4O2S. The monoisotopic (exact) mass is 284 g/mol. The number of hydrogen-bond acceptors (Lipinski definition) is 4. The Bertz CT molecular complexity index is 417. The van der Waals surface area contributed by atoms with Gasteiger partial charge in [-0.2, -0.15) is 0 Å². The maximum Gasteiger partial charge on any atom is 0.319 e. The van der Waals surface area contributed by atoms with Crippen molar-refractivity contribution in [2.45, 2.75) is 13.8 Å². The molecule has 0 saturated carbocycles. The normalized spacial score (nSPS) is 10.4. The summed E-state index contributed by atoms with van der Waals surface area (Å²) in [4.78, 5) is 30.8. The van der Waals surface area contributed by atoms with Crippen LogP contribution in [0.2, 0.25) is 0 Å². The zero-order chi connectivity index (χ0) is 14.4. The zero-order valence-electron chi connectivity index (χ0n) is 11.7. The van der Waals surface area contributed by atoms with Crippen LogP contribution >= 0.6 is 11.3 Å². The fourth-order valence-corrected chi connectivity index (χ4v) is 2.10. The number of carbonyl (C=O) groups is 2. The van der Waals surface area contributed by atoms with Crippen LogP contribution in [0.1, 0.15) is 13.8 Å². The Morgan fingerprint density at radius 3 is 2.58 bits per heavy atom. The molecule has 0 bridgehead atoms. The number of carbonyl (C=O) groups excluding carboxylic acids is 2. The number of hydrogen-bond donors (Lipinski definition) is 1. The van der Waals surface area contributed by atoms with E-state index in [4.69, 9.17) is 0 Å². The molecule has 0 aromatic carbocycles. The summed E-state index contributed by atoms with van der Waals surface area (Å²) in [5.74, 6) is 0.0716. The van der Waals surface area contributed by atoms with Gasteiger partial charge in [0.1, 0.15) is 6.54 Å². The minimum absolute atomic E-state index is 0.0365. The number of amides is 3. The molecule has 0 aliphatic rings. The molecule has 19 heavy (non-hydrogen) atoms. The molecule has 1 aromatic rings. The summed E-state index contributed by atoms with van der Waals surface area (Å²) < 4.78 is 0. The van der Waals surface area contributed by atoms with Gasteiger partial charge in [-0.05, 0) is 5.92 Å². The van der Waals surface area contributed by atoms with Crippen molar-refractivity contribution in [1.82, 2.24) is 14.8 Å². The van der Waals surface area contributed by atoms with Gasteiger partial charge in [0, 0.05) is 32.2 Å². The lowest BCUT2D eigenvalue weighted by molar-refractivity contribution is -0.116. The van der Waals surface area contributed by atoms with E-state index in [1.54, 1.807) is 25.7 Å². The quantitative estimate of drug-likeness (QED) is 0.895. The van der Waals surface area contributed by atoms with Gasteiger partial charge in [-0.15, -0.1) is 11.3 Å². The summed E-state index contributed by atoms with van der Waals surface area (Å²) >= 11 is 1.35. The molecule has 1 N–H and O–H groups in total. The van der Waals surface area contributed by atoms with E-state index >= 15 is 0 Å². The number of urea groups is 1. The summed E-state index contributed by atoms with van der Waals surface area (Å²) in [6, 6.07) is -0.164. The highest BCUT2D eigenvalue weighted by molar-refractivity contribution is 7.13. The van der Waals surface area contributed by atoms with Crippen LogP contribution in [-0.4, -0.2) is 53.9 Å². The van der Waals surface area contributed by atoms with Crippen molar-refractivity contribution in [1.29, 1.82) is 0 Å². The van der Waals surface area contributed by atoms with Crippen LogP contribution in [0.4, 0.5) is 9.93 Å². The SMILES string of the molecule is CC(C)CN(CC(=O)Nc1nccs1)C(=O)N(C)C. The van der Waals surface area contributed by atoms with Crippen LogP contribution < -0.4 is 5.32 Å². The minimum atomic E-state index is -0.231. The van der Waals surface area contributed by atoms with Gasteiger partial charge in [-0.3, -0.25) is 4.79 Å². The molecule has 0 radical (unpaired) electrons. The lowest BCUT2D eigenvalue weighted by Gasteiger charge is -2.26. The minimum Gasteiger partial charge on any atom is -0.331 e. The molecule has 0 aliphatic heterocycles. The molecule has 0 aliphatic carbocycles. The molecule has 6 nitrogen and oxygen atoms in total. The summed E-state index contributed by atoms with van der Waals surface area (Å²) in [5, 5.41) is 5.01. The van der Waals surface area contributed by atoms with Crippen molar-refractivity contribution in [2.24, 2.45) is 5.92 Å². The Kier molecular flexibility index (Phi) is 5.75. The van der Waals surface area contributed by atoms with Gasteiger partial charge in [0.05, 0.1) is 0 Å². The third-order valence-corrected chi connectivity index (χ3v) is 2.94. The van der Waals surface area contributed by atoms with Crippen molar-refractivity contribution in [3.63, 3.8) is 0 Å². The largest absolute Gasteiger partial charge is 0.331 e. The first-order chi connectivity index (χ1) is 8.90. The van der Waals surface area contributed by atoms with Crippen molar-refractivity contribution in [2.75, 3.05) is 32.5 Å². The van der Waals surface area contributed by atoms with Crippen LogP contribution in [0.25, 0.3) is 0 Å². The number of rotatable bonds is 5. The maximum atomic E-state index is 12.0. The Balaban J connectivity index is 2.61. The highest BCUT2D eigenvalue weighted by atomic mass is 32.1. The molecule has 3 amide bonds. The van der Waals surface area contributed by atoms with E-state index in [1.165, 1.54) is 21.1 Å². The Morgan fingerprint density at radius 2 is 2.11 bits per heavy atom. The molecule has 0 fully saturated rings. The molecule has 7 heteroatoms. The highest BCUT2D eigenvalue weighted by Crippen LogP contribution is 2.10. The first-order valence-electron chi connectivity index (χ1n) is 6.05. The molecule has 1 heterocycles. The second-order valence-corrected chi connectivity index (χ2v) is 5.73. The van der Waals surface area contributed by atoms with E-state index in [2.05, 4.69) is 10.3 Å². The second-order valence-electron chi connectivity index (χ2n) is 4.84. The third kappa shape index (κ3) is 5.25. The zero-order valence-corrected chi connectivity index (χ0v) is 12.5. The molecular weight excluding hydrogens is 264 g/mol. The summed E-state index contributed by atoms with van der Waals surface area (Å²) in [6.45, 7) is 4.60. The van der Waals surface area contributed by atoms with Crippen LogP contribution in [-0.2, 0) is 4.79 Å². The van der Waals surface area contributed by atoms with Crippen molar-refractivity contribution in [3.8, 4) is 0 Å². The van der Waals surface area contributed by atoms with Crippen LogP contribution in [0.3, 0.4) is 0 Å². The first-order valence-corrected chi connectivity index (χ1v) is 6.93.